The molecule has 0 radical (unpaired) electrons. The van der Waals surface area contributed by atoms with Crippen molar-refractivity contribution in [2.24, 2.45) is 0 Å². The van der Waals surface area contributed by atoms with Crippen LogP contribution in [0.3, 0.4) is 0 Å². The molecule has 1 unspecified atom stereocenters. The van der Waals surface area contributed by atoms with Crippen molar-refractivity contribution in [3.05, 3.63) is 152 Å². The van der Waals surface area contributed by atoms with E-state index < -0.39 is 65.4 Å². The molecule has 0 bridgehead atoms. The number of Topliss-reactive ketones (excluding diaryl/α,β-unsaturated/α-hetero) is 1. The Bertz CT molecular complexity index is 2150. The Morgan fingerprint density at radius 2 is 1.52 bits per heavy atom. The van der Waals surface area contributed by atoms with E-state index in [0.29, 0.717) is 5.56 Å². The van der Waals surface area contributed by atoms with E-state index in [-0.39, 0.29) is 46.0 Å². The number of aromatic nitrogens is 1. The first-order chi connectivity index (χ1) is 23.9. The van der Waals surface area contributed by atoms with Gasteiger partial charge in [-0.25, -0.2) is 13.6 Å². The first kappa shape index (κ1) is 34.1. The fourth-order valence-corrected chi connectivity index (χ4v) is 6.29. The summed E-state index contributed by atoms with van der Waals surface area (Å²) in [6.45, 7) is 0.723. The lowest BCUT2D eigenvalue weighted by Crippen LogP contribution is -2.32. The van der Waals surface area contributed by atoms with Crippen LogP contribution in [-0.2, 0) is 23.9 Å². The van der Waals surface area contributed by atoms with Crippen LogP contribution in [0, 0.1) is 18.6 Å². The van der Waals surface area contributed by atoms with E-state index in [1.165, 1.54) is 44.4 Å². The number of amides is 1. The van der Waals surface area contributed by atoms with E-state index in [0.717, 1.165) is 27.7 Å². The number of alkyl halides is 3. The average Bonchev–Trinajstić information content (AvgIpc) is 3.51. The van der Waals surface area contributed by atoms with Gasteiger partial charge in [0.1, 0.15) is 24.3 Å². The lowest BCUT2D eigenvalue weighted by Gasteiger charge is -2.24. The number of ether oxygens (including phenoxy) is 2. The Hall–Kier alpha value is -5.78. The summed E-state index contributed by atoms with van der Waals surface area (Å²) in [5.74, 6) is -3.20. The molecule has 6 rings (SSSR count). The molecular weight excluding hydrogens is 659 g/mol. The van der Waals surface area contributed by atoms with Crippen molar-refractivity contribution < 1.29 is 41.0 Å². The maximum absolute atomic E-state index is 15.9. The van der Waals surface area contributed by atoms with Gasteiger partial charge < -0.3 is 9.47 Å². The molecule has 1 amide bonds. The molecule has 50 heavy (non-hydrogen) atoms. The van der Waals surface area contributed by atoms with Gasteiger partial charge in [0.15, 0.2) is 17.3 Å². The molecule has 0 aliphatic carbocycles. The molecule has 2 heterocycles. The summed E-state index contributed by atoms with van der Waals surface area (Å²) in [5, 5.41) is 0. The lowest BCUT2D eigenvalue weighted by molar-refractivity contribution is -0.138. The van der Waals surface area contributed by atoms with Crippen molar-refractivity contribution in [3.63, 3.8) is 0 Å². The molecule has 0 saturated heterocycles. The van der Waals surface area contributed by atoms with Crippen LogP contribution >= 0.6 is 0 Å². The first-order valence-corrected chi connectivity index (χ1v) is 15.4. The predicted molar refractivity (Wildman–Crippen MR) is 175 cm³/mol. The van der Waals surface area contributed by atoms with Crippen LogP contribution < -0.4 is 15.2 Å². The van der Waals surface area contributed by atoms with E-state index in [4.69, 9.17) is 9.47 Å². The highest BCUT2D eigenvalue weighted by Crippen LogP contribution is 2.42. The minimum Gasteiger partial charge on any atom is -0.494 e. The number of hydrogen-bond donors (Lipinski definition) is 0. The molecule has 7 nitrogen and oxygen atoms in total. The standard InChI is InChI=1S/C38H29F5N2O5/c1-22-26(19-27-28(38(41,42)43)16-10-17-29(27)39)35-44(37(48)50-21-23-11-5-3-6-12-23)20-30(34(46)24-13-7-4-8-14-24)45(35)36(47)32(22)25-15-9-18-31(49-2)33(25)40/h3-18,30H,19-21H2,1-2H3. The van der Waals surface area contributed by atoms with Crippen LogP contribution in [0.5, 0.6) is 5.75 Å². The zero-order valence-corrected chi connectivity index (χ0v) is 26.8. The molecule has 0 N–H and O–H groups in total. The van der Waals surface area contributed by atoms with Crippen molar-refractivity contribution in [2.45, 2.75) is 32.2 Å². The molecule has 1 aliphatic rings. The van der Waals surface area contributed by atoms with Gasteiger partial charge in [0, 0.05) is 28.7 Å². The number of halogens is 5. The van der Waals surface area contributed by atoms with Crippen LogP contribution in [0.4, 0.5) is 32.6 Å². The van der Waals surface area contributed by atoms with E-state index in [9.17, 15) is 27.6 Å². The Labute approximate surface area is 283 Å². The first-order valence-electron chi connectivity index (χ1n) is 15.4. The van der Waals surface area contributed by atoms with E-state index >= 15 is 8.78 Å². The van der Waals surface area contributed by atoms with Gasteiger partial charge in [0.25, 0.3) is 5.56 Å². The summed E-state index contributed by atoms with van der Waals surface area (Å²) in [7, 11) is 1.22. The number of methoxy groups -OCH3 is 1. The number of fused-ring (bicyclic) bond motifs is 1. The maximum Gasteiger partial charge on any atom is 0.416 e. The van der Waals surface area contributed by atoms with Crippen LogP contribution in [0.1, 0.15) is 44.2 Å². The van der Waals surface area contributed by atoms with Crippen molar-refractivity contribution in [3.8, 4) is 16.9 Å². The van der Waals surface area contributed by atoms with Crippen molar-refractivity contribution in [1.82, 2.24) is 4.57 Å². The number of nitrogens with zero attached hydrogens (tertiary/aromatic N) is 2. The molecule has 0 saturated carbocycles. The van der Waals surface area contributed by atoms with Gasteiger partial charge >= 0.3 is 12.3 Å². The summed E-state index contributed by atoms with van der Waals surface area (Å²) in [6.07, 6.45) is -6.76. The number of carbonyl (C=O) groups is 2. The van der Waals surface area contributed by atoms with Crippen molar-refractivity contribution in [1.29, 1.82) is 0 Å². The fourth-order valence-electron chi connectivity index (χ4n) is 6.29. The fraction of sp³-hybridized carbons (Fsp3) is 0.184. The van der Waals surface area contributed by atoms with E-state index in [1.54, 1.807) is 48.5 Å². The number of pyridine rings is 1. The topological polar surface area (TPSA) is 77.8 Å². The zero-order chi connectivity index (χ0) is 35.7. The largest absolute Gasteiger partial charge is 0.494 e. The summed E-state index contributed by atoms with van der Waals surface area (Å²) in [4.78, 5) is 43.5. The van der Waals surface area contributed by atoms with Gasteiger partial charge in [-0.2, -0.15) is 13.2 Å². The summed E-state index contributed by atoms with van der Waals surface area (Å²) >= 11 is 0. The van der Waals surface area contributed by atoms with Gasteiger partial charge in [-0.3, -0.25) is 19.1 Å². The molecule has 256 valence electrons. The Morgan fingerprint density at radius 3 is 2.18 bits per heavy atom. The summed E-state index contributed by atoms with van der Waals surface area (Å²) in [6, 6.07) is 21.7. The van der Waals surface area contributed by atoms with E-state index in [1.807, 2.05) is 0 Å². The minimum absolute atomic E-state index is 0.0292. The third-order valence-corrected chi connectivity index (χ3v) is 8.70. The highest BCUT2D eigenvalue weighted by molar-refractivity contribution is 6.02. The molecule has 5 aromatic rings. The second-order valence-corrected chi connectivity index (χ2v) is 11.6. The van der Waals surface area contributed by atoms with Crippen LogP contribution in [0.25, 0.3) is 11.1 Å². The smallest absolute Gasteiger partial charge is 0.416 e. The quantitative estimate of drug-likeness (QED) is 0.121. The molecule has 1 atom stereocenters. The molecule has 0 spiro atoms. The highest BCUT2D eigenvalue weighted by atomic mass is 19.4. The number of hydrogen-bond acceptors (Lipinski definition) is 5. The Morgan fingerprint density at radius 1 is 0.860 bits per heavy atom. The number of benzene rings is 4. The maximum atomic E-state index is 15.9. The molecular formula is C38H29F5N2O5. The highest BCUT2D eigenvalue weighted by Gasteiger charge is 2.43. The third kappa shape index (κ3) is 6.24. The minimum atomic E-state index is -4.97. The van der Waals surface area contributed by atoms with Crippen LogP contribution in [0.2, 0.25) is 0 Å². The van der Waals surface area contributed by atoms with Crippen LogP contribution in [-0.4, -0.2) is 30.1 Å². The van der Waals surface area contributed by atoms with Crippen LogP contribution in [0.15, 0.2) is 102 Å². The van der Waals surface area contributed by atoms with Crippen molar-refractivity contribution in [2.75, 3.05) is 18.6 Å². The van der Waals surface area contributed by atoms with Gasteiger partial charge in [-0.15, -0.1) is 0 Å². The number of ketones is 1. The van der Waals surface area contributed by atoms with Gasteiger partial charge in [0.2, 0.25) is 0 Å². The zero-order valence-electron chi connectivity index (χ0n) is 26.8. The summed E-state index contributed by atoms with van der Waals surface area (Å²) < 4.78 is 85.7. The second-order valence-electron chi connectivity index (χ2n) is 11.6. The Balaban J connectivity index is 1.64. The molecule has 12 heteroatoms. The third-order valence-electron chi connectivity index (χ3n) is 8.70. The molecule has 1 aromatic heterocycles. The normalized spacial score (nSPS) is 14.0. The average molecular weight is 689 g/mol. The number of rotatable bonds is 8. The SMILES string of the molecule is COc1cccc(-c2c(C)c(Cc3c(F)cccc3C(F)(F)F)c3n(c2=O)C(C(=O)c2ccccc2)CN3C(=O)OCc2ccccc2)c1F. The number of carbonyl (C=O) groups excluding carboxylic acids is 2. The van der Waals surface area contributed by atoms with Gasteiger partial charge in [-0.1, -0.05) is 78.9 Å². The summed E-state index contributed by atoms with van der Waals surface area (Å²) in [5.41, 5.74) is -2.84. The molecule has 1 aliphatic heterocycles. The number of anilines is 1. The van der Waals surface area contributed by atoms with Gasteiger partial charge in [-0.05, 0) is 36.2 Å². The molecule has 0 fully saturated rings. The van der Waals surface area contributed by atoms with Crippen molar-refractivity contribution >= 4 is 17.7 Å². The van der Waals surface area contributed by atoms with Gasteiger partial charge in [0.05, 0.1) is 24.8 Å². The predicted octanol–water partition coefficient (Wildman–Crippen LogP) is 8.30. The lowest BCUT2D eigenvalue weighted by atomic mass is 9.91. The van der Waals surface area contributed by atoms with E-state index in [2.05, 4.69) is 0 Å². The Kier molecular flexibility index (Phi) is 9.29. The monoisotopic (exact) mass is 688 g/mol. The molecule has 4 aromatic carbocycles. The second kappa shape index (κ2) is 13.6.